The fraction of sp³-hybridized carbons (Fsp3) is 0.122. The SMILES string of the molecule is OC1(C2=C(C3=CCC=C3)C=C=C=C2)C2=C(C=CC2)c2ccccc2-c2ccc(N(C3=CC=CCC3)c3ccccc3)cc21. The summed E-state index contributed by atoms with van der Waals surface area (Å²) in [6, 6.07) is 25.8. The molecule has 0 aromatic heterocycles. The van der Waals surface area contributed by atoms with Crippen LogP contribution in [0, 0.1) is 0 Å². The molecule has 5 aliphatic rings. The maximum atomic E-state index is 13.5. The summed E-state index contributed by atoms with van der Waals surface area (Å²) in [5, 5.41) is 13.5. The molecule has 0 heterocycles. The third-order valence-electron chi connectivity index (χ3n) is 9.10. The summed E-state index contributed by atoms with van der Waals surface area (Å²) in [6.07, 6.45) is 24.9. The molecule has 206 valence electrons. The van der Waals surface area contributed by atoms with Crippen molar-refractivity contribution >= 4 is 16.9 Å². The first-order valence-electron chi connectivity index (χ1n) is 15.1. The highest BCUT2D eigenvalue weighted by Gasteiger charge is 2.45. The molecule has 1 N–H and O–H groups in total. The summed E-state index contributed by atoms with van der Waals surface area (Å²) in [6.45, 7) is 0. The van der Waals surface area contributed by atoms with Gasteiger partial charge in [0, 0.05) is 28.2 Å². The number of hydrogen-bond donors (Lipinski definition) is 1. The molecule has 43 heavy (non-hydrogen) atoms. The number of aliphatic hydroxyl groups is 1. The summed E-state index contributed by atoms with van der Waals surface area (Å²) in [4.78, 5) is 2.34. The fourth-order valence-electron chi connectivity index (χ4n) is 7.14. The topological polar surface area (TPSA) is 23.5 Å². The lowest BCUT2D eigenvalue weighted by atomic mass is 9.73. The maximum Gasteiger partial charge on any atom is 0.139 e. The number of allylic oxidation sites excluding steroid dienone is 13. The second kappa shape index (κ2) is 10.3. The first kappa shape index (κ1) is 25.6. The summed E-state index contributed by atoms with van der Waals surface area (Å²) in [5.41, 5.74) is 17.7. The molecule has 0 saturated carbocycles. The molecule has 1 unspecified atom stereocenters. The highest BCUT2D eigenvalue weighted by atomic mass is 16.3. The van der Waals surface area contributed by atoms with Crippen molar-refractivity contribution in [1.29, 1.82) is 0 Å². The van der Waals surface area contributed by atoms with Crippen molar-refractivity contribution in [1.82, 2.24) is 0 Å². The molecule has 5 aliphatic carbocycles. The van der Waals surface area contributed by atoms with Crippen LogP contribution in [0.5, 0.6) is 0 Å². The summed E-state index contributed by atoms with van der Waals surface area (Å²) < 4.78 is 0. The van der Waals surface area contributed by atoms with E-state index in [9.17, 15) is 5.11 Å². The van der Waals surface area contributed by atoms with Gasteiger partial charge in [-0.3, -0.25) is 0 Å². The van der Waals surface area contributed by atoms with Gasteiger partial charge in [-0.15, -0.1) is 0 Å². The summed E-state index contributed by atoms with van der Waals surface area (Å²) in [7, 11) is 0. The molecule has 0 bridgehead atoms. The third-order valence-corrected chi connectivity index (χ3v) is 9.10. The summed E-state index contributed by atoms with van der Waals surface area (Å²) in [5.74, 6) is 0. The molecular formula is C41H31NO. The van der Waals surface area contributed by atoms with Crippen LogP contribution in [0.15, 0.2) is 173 Å². The van der Waals surface area contributed by atoms with E-state index in [0.29, 0.717) is 6.42 Å². The molecule has 2 heteroatoms. The molecule has 0 saturated heterocycles. The zero-order chi connectivity index (χ0) is 28.8. The van der Waals surface area contributed by atoms with E-state index < -0.39 is 5.60 Å². The maximum absolute atomic E-state index is 13.5. The highest BCUT2D eigenvalue weighted by molar-refractivity contribution is 5.95. The Hall–Kier alpha value is -5.10. The molecule has 1 atom stereocenters. The number of hydrogen-bond acceptors (Lipinski definition) is 2. The van der Waals surface area contributed by atoms with Gasteiger partial charge >= 0.3 is 0 Å². The molecule has 0 aliphatic heterocycles. The van der Waals surface area contributed by atoms with Gasteiger partial charge in [0.2, 0.25) is 0 Å². The van der Waals surface area contributed by atoms with Crippen LogP contribution in [0.2, 0.25) is 0 Å². The Balaban J connectivity index is 1.44. The van der Waals surface area contributed by atoms with Crippen LogP contribution in [-0.2, 0) is 5.60 Å². The minimum atomic E-state index is -1.38. The predicted molar refractivity (Wildman–Crippen MR) is 177 cm³/mol. The van der Waals surface area contributed by atoms with Crippen molar-refractivity contribution in [3.8, 4) is 11.1 Å². The van der Waals surface area contributed by atoms with Gasteiger partial charge in [0.1, 0.15) is 5.60 Å². The fourth-order valence-corrected chi connectivity index (χ4v) is 7.14. The molecule has 0 fully saturated rings. The standard InChI is InChI=1S/C41H31NO/c43-41(38-24-12-11-20-33(38)29-14-7-8-15-29)39-25-13-23-36(39)34-21-9-10-22-35(34)37-27-26-32(28-40(37)41)42(30-16-3-1-4-17-30)31-18-5-2-6-19-31/h1-5,7,9-10,13-18,20-24,26-28,43H,6,8,19,25H2. The van der Waals surface area contributed by atoms with Crippen LogP contribution in [0.1, 0.15) is 36.8 Å². The lowest BCUT2D eigenvalue weighted by Gasteiger charge is -2.36. The van der Waals surface area contributed by atoms with Crippen molar-refractivity contribution in [2.75, 3.05) is 4.90 Å². The van der Waals surface area contributed by atoms with Gasteiger partial charge < -0.3 is 10.0 Å². The third kappa shape index (κ3) is 4.08. The largest absolute Gasteiger partial charge is 0.376 e. The first-order valence-corrected chi connectivity index (χ1v) is 15.1. The van der Waals surface area contributed by atoms with E-state index in [-0.39, 0.29) is 0 Å². The average Bonchev–Trinajstić information content (AvgIpc) is 3.78. The lowest BCUT2D eigenvalue weighted by molar-refractivity contribution is 0.119. The van der Waals surface area contributed by atoms with E-state index in [4.69, 9.17) is 0 Å². The second-order valence-electron chi connectivity index (χ2n) is 11.5. The second-order valence-corrected chi connectivity index (χ2v) is 11.5. The Labute approximate surface area is 253 Å². The van der Waals surface area contributed by atoms with Gasteiger partial charge in [0.05, 0.1) is 0 Å². The molecule has 2 nitrogen and oxygen atoms in total. The van der Waals surface area contributed by atoms with E-state index in [0.717, 1.165) is 80.8 Å². The zero-order valence-corrected chi connectivity index (χ0v) is 23.9. The van der Waals surface area contributed by atoms with E-state index in [1.165, 1.54) is 5.70 Å². The van der Waals surface area contributed by atoms with Crippen LogP contribution in [0.3, 0.4) is 0 Å². The van der Waals surface area contributed by atoms with Gasteiger partial charge in [0.25, 0.3) is 0 Å². The smallest absolute Gasteiger partial charge is 0.139 e. The normalized spacial score (nSPS) is 21.0. The molecule has 8 rings (SSSR count). The predicted octanol–water partition coefficient (Wildman–Crippen LogP) is 9.70. The molecule has 3 aromatic rings. The van der Waals surface area contributed by atoms with Crippen molar-refractivity contribution in [3.63, 3.8) is 0 Å². The van der Waals surface area contributed by atoms with E-state index >= 15 is 0 Å². The van der Waals surface area contributed by atoms with Gasteiger partial charge in [-0.25, -0.2) is 0 Å². The van der Waals surface area contributed by atoms with Crippen LogP contribution in [0.4, 0.5) is 11.4 Å². The molecule has 0 spiro atoms. The van der Waals surface area contributed by atoms with Crippen molar-refractivity contribution in [2.24, 2.45) is 0 Å². The average molecular weight is 554 g/mol. The van der Waals surface area contributed by atoms with Crippen LogP contribution in [-0.4, -0.2) is 5.11 Å². The highest BCUT2D eigenvalue weighted by Crippen LogP contribution is 2.55. The number of para-hydroxylation sites is 1. The molecular weight excluding hydrogens is 522 g/mol. The Kier molecular flexibility index (Phi) is 6.14. The number of benzene rings is 3. The quantitative estimate of drug-likeness (QED) is 0.318. The number of rotatable bonds is 5. The molecule has 0 amide bonds. The first-order chi connectivity index (χ1) is 21.2. The van der Waals surface area contributed by atoms with E-state index in [1.54, 1.807) is 0 Å². The Morgan fingerprint density at radius 2 is 1.58 bits per heavy atom. The molecule has 0 radical (unpaired) electrons. The molecule has 3 aromatic carbocycles. The van der Waals surface area contributed by atoms with Crippen molar-refractivity contribution in [3.05, 3.63) is 184 Å². The zero-order valence-electron chi connectivity index (χ0n) is 23.9. The van der Waals surface area contributed by atoms with Crippen molar-refractivity contribution < 1.29 is 5.11 Å². The summed E-state index contributed by atoms with van der Waals surface area (Å²) >= 11 is 0. The van der Waals surface area contributed by atoms with E-state index in [1.807, 2.05) is 12.2 Å². The monoisotopic (exact) mass is 553 g/mol. The Bertz CT molecular complexity index is 1990. The van der Waals surface area contributed by atoms with Crippen LogP contribution < -0.4 is 4.90 Å². The lowest BCUT2D eigenvalue weighted by Crippen LogP contribution is -2.32. The number of fused-ring (bicyclic) bond motifs is 4. The number of anilines is 2. The van der Waals surface area contributed by atoms with Crippen LogP contribution in [0.25, 0.3) is 16.7 Å². The Morgan fingerprint density at radius 1 is 0.744 bits per heavy atom. The minimum Gasteiger partial charge on any atom is -0.376 e. The van der Waals surface area contributed by atoms with E-state index in [2.05, 4.69) is 138 Å². The van der Waals surface area contributed by atoms with Gasteiger partial charge in [-0.2, -0.15) is 0 Å². The van der Waals surface area contributed by atoms with Gasteiger partial charge in [-0.1, -0.05) is 103 Å². The van der Waals surface area contributed by atoms with Crippen molar-refractivity contribution in [2.45, 2.75) is 31.3 Å². The van der Waals surface area contributed by atoms with Gasteiger partial charge in [0.15, 0.2) is 0 Å². The minimum absolute atomic E-state index is 0.676. The van der Waals surface area contributed by atoms with Gasteiger partial charge in [-0.05, 0) is 107 Å². The Morgan fingerprint density at radius 3 is 2.40 bits per heavy atom. The number of nitrogens with zero attached hydrogens (tertiary/aromatic N) is 1. The van der Waals surface area contributed by atoms with Crippen LogP contribution >= 0.6 is 0 Å².